The highest BCUT2D eigenvalue weighted by atomic mass is 16.7. The summed E-state index contributed by atoms with van der Waals surface area (Å²) in [6.07, 6.45) is 5.71. The van der Waals surface area contributed by atoms with Crippen molar-refractivity contribution >= 4 is 5.69 Å². The van der Waals surface area contributed by atoms with Gasteiger partial charge in [0.2, 0.25) is 0 Å². The zero-order valence-electron chi connectivity index (χ0n) is 10.8. The second kappa shape index (κ2) is 6.61. The first kappa shape index (κ1) is 13.2. The number of hydrogen-bond acceptors (Lipinski definition) is 4. The van der Waals surface area contributed by atoms with Gasteiger partial charge in [0.15, 0.2) is 6.79 Å². The highest BCUT2D eigenvalue weighted by Crippen LogP contribution is 2.32. The molecular weight excluding hydrogens is 230 g/mol. The first-order valence-corrected chi connectivity index (χ1v) is 6.52. The van der Waals surface area contributed by atoms with Crippen LogP contribution in [-0.2, 0) is 4.74 Å². The average molecular weight is 251 g/mol. The fraction of sp³-hybridized carbons (Fsp3) is 0.571. The Bertz CT molecular complexity index is 364. The van der Waals surface area contributed by atoms with Gasteiger partial charge in [-0.25, -0.2) is 0 Å². The Balaban J connectivity index is 2.10. The molecule has 0 amide bonds. The van der Waals surface area contributed by atoms with E-state index in [9.17, 15) is 5.21 Å². The molecule has 0 saturated heterocycles. The van der Waals surface area contributed by atoms with Crippen molar-refractivity contribution in [3.8, 4) is 5.75 Å². The largest absolute Gasteiger partial charge is 0.465 e. The zero-order chi connectivity index (χ0) is 12.8. The van der Waals surface area contributed by atoms with Crippen molar-refractivity contribution < 1.29 is 14.7 Å². The molecule has 0 radical (unpaired) electrons. The van der Waals surface area contributed by atoms with Gasteiger partial charge in [0.05, 0.1) is 6.04 Å². The molecule has 0 atom stereocenters. The molecule has 0 heterocycles. The van der Waals surface area contributed by atoms with Gasteiger partial charge in [-0.05, 0) is 25.0 Å². The summed E-state index contributed by atoms with van der Waals surface area (Å²) in [6, 6.07) is 7.72. The molecule has 2 rings (SSSR count). The van der Waals surface area contributed by atoms with Gasteiger partial charge >= 0.3 is 0 Å². The highest BCUT2D eigenvalue weighted by Gasteiger charge is 2.22. The molecule has 4 heteroatoms. The number of ether oxygens (including phenoxy) is 2. The molecule has 0 unspecified atom stereocenters. The van der Waals surface area contributed by atoms with E-state index in [1.54, 1.807) is 7.11 Å². The molecule has 0 spiro atoms. The Morgan fingerprint density at radius 3 is 2.67 bits per heavy atom. The maximum absolute atomic E-state index is 10.3. The molecule has 1 N–H and O–H groups in total. The minimum atomic E-state index is 0.190. The SMILES string of the molecule is COCOc1ccccc1N(O)C1CCCCC1. The minimum absolute atomic E-state index is 0.190. The Labute approximate surface area is 108 Å². The molecule has 0 aromatic heterocycles. The number of para-hydroxylation sites is 2. The van der Waals surface area contributed by atoms with Crippen LogP contribution in [0.2, 0.25) is 0 Å². The van der Waals surface area contributed by atoms with Crippen molar-refractivity contribution in [2.45, 2.75) is 38.1 Å². The number of nitrogens with zero attached hydrogens (tertiary/aromatic N) is 1. The van der Waals surface area contributed by atoms with Gasteiger partial charge in [0.25, 0.3) is 0 Å². The van der Waals surface area contributed by atoms with Crippen LogP contribution in [0.25, 0.3) is 0 Å². The fourth-order valence-corrected chi connectivity index (χ4v) is 2.41. The third-order valence-corrected chi connectivity index (χ3v) is 3.36. The molecule has 18 heavy (non-hydrogen) atoms. The van der Waals surface area contributed by atoms with Gasteiger partial charge in [-0.3, -0.25) is 10.3 Å². The van der Waals surface area contributed by atoms with Crippen molar-refractivity contribution in [3.05, 3.63) is 24.3 Å². The summed E-state index contributed by atoms with van der Waals surface area (Å²) in [5.74, 6) is 0.660. The van der Waals surface area contributed by atoms with E-state index in [-0.39, 0.29) is 12.8 Å². The quantitative estimate of drug-likeness (QED) is 0.644. The minimum Gasteiger partial charge on any atom is -0.465 e. The Kier molecular flexibility index (Phi) is 4.84. The molecule has 1 fully saturated rings. The van der Waals surface area contributed by atoms with Gasteiger partial charge in [-0.15, -0.1) is 0 Å². The van der Waals surface area contributed by atoms with Gasteiger partial charge in [0, 0.05) is 7.11 Å². The van der Waals surface area contributed by atoms with E-state index in [1.807, 2.05) is 24.3 Å². The van der Waals surface area contributed by atoms with Crippen LogP contribution in [0.3, 0.4) is 0 Å². The molecule has 1 aliphatic rings. The van der Waals surface area contributed by atoms with Gasteiger partial charge in [-0.1, -0.05) is 31.4 Å². The fourth-order valence-electron chi connectivity index (χ4n) is 2.41. The zero-order valence-corrected chi connectivity index (χ0v) is 10.8. The lowest BCUT2D eigenvalue weighted by atomic mass is 9.95. The van der Waals surface area contributed by atoms with E-state index in [0.29, 0.717) is 5.75 Å². The van der Waals surface area contributed by atoms with E-state index < -0.39 is 0 Å². The molecule has 0 bridgehead atoms. The molecule has 1 aromatic carbocycles. The summed E-state index contributed by atoms with van der Waals surface area (Å²) in [7, 11) is 1.58. The van der Waals surface area contributed by atoms with Crippen molar-refractivity contribution in [1.82, 2.24) is 0 Å². The van der Waals surface area contributed by atoms with Crippen LogP contribution >= 0.6 is 0 Å². The topological polar surface area (TPSA) is 41.9 Å². The second-order valence-electron chi connectivity index (χ2n) is 4.65. The lowest BCUT2D eigenvalue weighted by Crippen LogP contribution is -2.34. The molecule has 1 saturated carbocycles. The van der Waals surface area contributed by atoms with Gasteiger partial charge in [0.1, 0.15) is 11.4 Å². The summed E-state index contributed by atoms with van der Waals surface area (Å²) < 4.78 is 10.4. The maximum atomic E-state index is 10.3. The van der Waals surface area contributed by atoms with Crippen molar-refractivity contribution in [1.29, 1.82) is 0 Å². The lowest BCUT2D eigenvalue weighted by Gasteiger charge is -2.31. The van der Waals surface area contributed by atoms with Crippen LogP contribution in [0.15, 0.2) is 24.3 Å². The lowest BCUT2D eigenvalue weighted by molar-refractivity contribution is 0.0502. The average Bonchev–Trinajstić information content (AvgIpc) is 2.45. The van der Waals surface area contributed by atoms with Crippen LogP contribution in [0.5, 0.6) is 5.75 Å². The first-order chi connectivity index (χ1) is 8.83. The van der Waals surface area contributed by atoms with Crippen LogP contribution in [0.1, 0.15) is 32.1 Å². The van der Waals surface area contributed by atoms with E-state index in [4.69, 9.17) is 9.47 Å². The van der Waals surface area contributed by atoms with E-state index in [2.05, 4.69) is 0 Å². The molecule has 100 valence electrons. The molecule has 4 nitrogen and oxygen atoms in total. The van der Waals surface area contributed by atoms with E-state index >= 15 is 0 Å². The number of rotatable bonds is 5. The summed E-state index contributed by atoms with van der Waals surface area (Å²) in [5.41, 5.74) is 0.724. The number of benzene rings is 1. The van der Waals surface area contributed by atoms with E-state index in [1.165, 1.54) is 24.3 Å². The predicted molar refractivity (Wildman–Crippen MR) is 70.1 cm³/mol. The Hall–Kier alpha value is -1.26. The van der Waals surface area contributed by atoms with Crippen LogP contribution in [0.4, 0.5) is 5.69 Å². The van der Waals surface area contributed by atoms with Crippen LogP contribution in [-0.4, -0.2) is 25.2 Å². The van der Waals surface area contributed by atoms with Gasteiger partial charge < -0.3 is 9.47 Å². The third-order valence-electron chi connectivity index (χ3n) is 3.36. The summed E-state index contributed by atoms with van der Waals surface area (Å²) in [6.45, 7) is 0.190. The normalized spacial score (nSPS) is 16.6. The van der Waals surface area contributed by atoms with Gasteiger partial charge in [-0.2, -0.15) is 0 Å². The Morgan fingerprint density at radius 1 is 1.22 bits per heavy atom. The summed E-state index contributed by atoms with van der Waals surface area (Å²) >= 11 is 0. The summed E-state index contributed by atoms with van der Waals surface area (Å²) in [5, 5.41) is 11.7. The van der Waals surface area contributed by atoms with Crippen molar-refractivity contribution in [3.63, 3.8) is 0 Å². The van der Waals surface area contributed by atoms with Crippen LogP contribution in [0, 0.1) is 0 Å². The standard InChI is InChI=1S/C14H21NO3/c1-17-11-18-14-10-6-5-9-13(14)15(16)12-7-3-2-4-8-12/h5-6,9-10,12,16H,2-4,7-8,11H2,1H3. The first-order valence-electron chi connectivity index (χ1n) is 6.52. The highest BCUT2D eigenvalue weighted by molar-refractivity contribution is 5.57. The number of methoxy groups -OCH3 is 1. The molecular formula is C14H21NO3. The van der Waals surface area contributed by atoms with Crippen LogP contribution < -0.4 is 9.80 Å². The van der Waals surface area contributed by atoms with E-state index in [0.717, 1.165) is 18.5 Å². The van der Waals surface area contributed by atoms with Crippen molar-refractivity contribution in [2.24, 2.45) is 0 Å². The number of hydrogen-bond donors (Lipinski definition) is 1. The number of hydroxylamine groups is 1. The Morgan fingerprint density at radius 2 is 1.94 bits per heavy atom. The second-order valence-corrected chi connectivity index (χ2v) is 4.65. The molecule has 1 aromatic rings. The smallest absolute Gasteiger partial charge is 0.188 e. The summed E-state index contributed by atoms with van der Waals surface area (Å²) in [4.78, 5) is 0. The molecule has 1 aliphatic carbocycles. The monoisotopic (exact) mass is 251 g/mol. The predicted octanol–water partition coefficient (Wildman–Crippen LogP) is 3.20. The third kappa shape index (κ3) is 3.15. The van der Waals surface area contributed by atoms with Crippen molar-refractivity contribution in [2.75, 3.05) is 19.0 Å². The molecule has 0 aliphatic heterocycles. The maximum Gasteiger partial charge on any atom is 0.188 e. The number of anilines is 1.